The summed E-state index contributed by atoms with van der Waals surface area (Å²) in [6.07, 6.45) is 27.3. The predicted molar refractivity (Wildman–Crippen MR) is 201 cm³/mol. The number of aliphatic hydroxyl groups excluding tert-OH is 4. The third kappa shape index (κ3) is 24.7. The van der Waals surface area contributed by atoms with E-state index in [4.69, 9.17) is 18.9 Å². The van der Waals surface area contributed by atoms with Gasteiger partial charge in [0, 0.05) is 12.8 Å². The number of carbonyl (C=O) groups excluding carboxylic acids is 2. The Labute approximate surface area is 308 Å². The van der Waals surface area contributed by atoms with Crippen LogP contribution in [0.5, 0.6) is 0 Å². The molecule has 0 amide bonds. The molecule has 10 heteroatoms. The average molecular weight is 725 g/mol. The van der Waals surface area contributed by atoms with Crippen LogP contribution in [0.1, 0.15) is 155 Å². The molecule has 1 rings (SSSR count). The fourth-order valence-electron chi connectivity index (χ4n) is 5.78. The summed E-state index contributed by atoms with van der Waals surface area (Å²) in [4.78, 5) is 25.2. The van der Waals surface area contributed by atoms with Gasteiger partial charge in [0.25, 0.3) is 0 Å². The van der Waals surface area contributed by atoms with E-state index in [1.54, 1.807) is 0 Å². The van der Waals surface area contributed by atoms with Crippen LogP contribution < -0.4 is 0 Å². The number of carbonyl (C=O) groups is 2. The van der Waals surface area contributed by atoms with E-state index in [0.717, 1.165) is 51.4 Å². The number of hydrogen-bond donors (Lipinski definition) is 4. The Bertz CT molecular complexity index is 933. The molecule has 51 heavy (non-hydrogen) atoms. The van der Waals surface area contributed by atoms with Crippen molar-refractivity contribution < 1.29 is 49.0 Å². The van der Waals surface area contributed by atoms with Gasteiger partial charge >= 0.3 is 11.9 Å². The fourth-order valence-corrected chi connectivity index (χ4v) is 5.78. The number of aliphatic hydroxyl groups is 4. The lowest BCUT2D eigenvalue weighted by molar-refractivity contribution is -0.305. The van der Waals surface area contributed by atoms with Gasteiger partial charge in [0.05, 0.1) is 13.2 Å². The van der Waals surface area contributed by atoms with Crippen LogP contribution >= 0.6 is 0 Å². The maximum Gasteiger partial charge on any atom is 0.306 e. The lowest BCUT2D eigenvalue weighted by atomic mass is 9.99. The Kier molecular flexibility index (Phi) is 30.0. The molecule has 0 bridgehead atoms. The molecular weight excluding hydrogens is 652 g/mol. The van der Waals surface area contributed by atoms with Crippen LogP contribution in [0.15, 0.2) is 36.5 Å². The first-order chi connectivity index (χ1) is 24.8. The SMILES string of the molecule is CCCCC/C=C/C/C=C/C/C=C/CCCCC(=O)O[C@H](COC(=O)CCCCCCCCCCCCC)CO[C@@H]1O[C@H](CO)[C@H](O)C(O)C1O. The highest BCUT2D eigenvalue weighted by Crippen LogP contribution is 2.22. The van der Waals surface area contributed by atoms with Crippen LogP contribution in [0.25, 0.3) is 0 Å². The van der Waals surface area contributed by atoms with Crippen LogP contribution in [0, 0.1) is 0 Å². The molecule has 0 aromatic carbocycles. The van der Waals surface area contributed by atoms with E-state index >= 15 is 0 Å². The fraction of sp³-hybridized carbons (Fsp3) is 0.805. The molecule has 2 unspecified atom stereocenters. The van der Waals surface area contributed by atoms with Crippen molar-refractivity contribution >= 4 is 11.9 Å². The van der Waals surface area contributed by atoms with Crippen molar-refractivity contribution in [1.29, 1.82) is 0 Å². The average Bonchev–Trinajstić information content (AvgIpc) is 3.13. The Morgan fingerprint density at radius 1 is 0.608 bits per heavy atom. The lowest BCUT2D eigenvalue weighted by Crippen LogP contribution is -2.59. The minimum atomic E-state index is -1.60. The van der Waals surface area contributed by atoms with Crippen molar-refractivity contribution in [3.8, 4) is 0 Å². The molecule has 0 aliphatic carbocycles. The Hall–Kier alpha value is -2.08. The molecule has 10 nitrogen and oxygen atoms in total. The quantitative estimate of drug-likeness (QED) is 0.0311. The van der Waals surface area contributed by atoms with Crippen LogP contribution in [-0.4, -0.2) is 89.0 Å². The van der Waals surface area contributed by atoms with Gasteiger partial charge in [-0.25, -0.2) is 0 Å². The van der Waals surface area contributed by atoms with Crippen molar-refractivity contribution in [2.24, 2.45) is 0 Å². The van der Waals surface area contributed by atoms with Gasteiger partial charge in [-0.3, -0.25) is 9.59 Å². The Morgan fingerprint density at radius 3 is 1.69 bits per heavy atom. The number of esters is 2. The second-order valence-corrected chi connectivity index (χ2v) is 13.7. The summed E-state index contributed by atoms with van der Waals surface area (Å²) in [7, 11) is 0. The highest BCUT2D eigenvalue weighted by atomic mass is 16.7. The standard InChI is InChI=1S/C41H72O10/c1-3-5-7-9-11-13-15-16-17-18-20-22-24-26-28-30-37(44)50-34(33-49-41-40(47)39(46)38(45)35(31-42)51-41)32-48-36(43)29-27-25-23-21-19-14-12-10-8-6-4-2/h11,13,16-17,20,22,34-35,38-42,45-47H,3-10,12,14-15,18-19,21,23-33H2,1-2H3/b13-11+,17-16+,22-20+/t34-,35-,38+,39?,40?,41-/m1/s1. The largest absolute Gasteiger partial charge is 0.462 e. The zero-order valence-corrected chi connectivity index (χ0v) is 31.8. The molecule has 1 aliphatic rings. The lowest BCUT2D eigenvalue weighted by Gasteiger charge is -2.39. The van der Waals surface area contributed by atoms with Crippen LogP contribution in [0.3, 0.4) is 0 Å². The molecule has 4 N–H and O–H groups in total. The molecule has 1 heterocycles. The molecule has 296 valence electrons. The van der Waals surface area contributed by atoms with Gasteiger partial charge in [0.1, 0.15) is 31.0 Å². The molecule has 6 atom stereocenters. The third-order valence-corrected chi connectivity index (χ3v) is 9.03. The maximum atomic E-state index is 12.7. The van der Waals surface area contributed by atoms with Gasteiger partial charge in [0.2, 0.25) is 0 Å². The van der Waals surface area contributed by atoms with E-state index in [-0.39, 0.29) is 32.0 Å². The summed E-state index contributed by atoms with van der Waals surface area (Å²) in [5.41, 5.74) is 0. The Morgan fingerprint density at radius 2 is 1.10 bits per heavy atom. The second-order valence-electron chi connectivity index (χ2n) is 13.7. The summed E-state index contributed by atoms with van der Waals surface area (Å²) < 4.78 is 22.0. The molecule has 0 aromatic rings. The number of hydrogen-bond acceptors (Lipinski definition) is 10. The van der Waals surface area contributed by atoms with E-state index in [1.807, 2.05) is 0 Å². The second kappa shape index (κ2) is 32.6. The highest BCUT2D eigenvalue weighted by molar-refractivity contribution is 5.70. The molecule has 0 aromatic heterocycles. The molecule has 0 saturated carbocycles. The third-order valence-electron chi connectivity index (χ3n) is 9.03. The molecule has 1 aliphatic heterocycles. The Balaban J connectivity index is 2.42. The van der Waals surface area contributed by atoms with Crippen molar-refractivity contribution in [2.45, 2.75) is 192 Å². The zero-order valence-electron chi connectivity index (χ0n) is 31.8. The van der Waals surface area contributed by atoms with Gasteiger partial charge in [-0.05, 0) is 51.4 Å². The molecule has 1 saturated heterocycles. The molecule has 1 fully saturated rings. The van der Waals surface area contributed by atoms with E-state index in [9.17, 15) is 30.0 Å². The van der Waals surface area contributed by atoms with E-state index < -0.39 is 49.4 Å². The first kappa shape index (κ1) is 46.9. The summed E-state index contributed by atoms with van der Waals surface area (Å²) in [6.45, 7) is 3.33. The molecule has 0 spiro atoms. The van der Waals surface area contributed by atoms with Crippen molar-refractivity contribution in [3.63, 3.8) is 0 Å². The summed E-state index contributed by atoms with van der Waals surface area (Å²) in [5.74, 6) is -0.853. The molecular formula is C41H72O10. The van der Waals surface area contributed by atoms with Gasteiger partial charge in [-0.2, -0.15) is 0 Å². The number of allylic oxidation sites excluding steroid dienone is 6. The summed E-state index contributed by atoms with van der Waals surface area (Å²) >= 11 is 0. The van der Waals surface area contributed by atoms with Crippen molar-refractivity contribution in [1.82, 2.24) is 0 Å². The van der Waals surface area contributed by atoms with Crippen LogP contribution in [-0.2, 0) is 28.5 Å². The van der Waals surface area contributed by atoms with Crippen LogP contribution in [0.2, 0.25) is 0 Å². The monoisotopic (exact) mass is 725 g/mol. The first-order valence-electron chi connectivity index (χ1n) is 20.1. The van der Waals surface area contributed by atoms with Crippen LogP contribution in [0.4, 0.5) is 0 Å². The van der Waals surface area contributed by atoms with E-state index in [1.165, 1.54) is 70.6 Å². The first-order valence-corrected chi connectivity index (χ1v) is 20.1. The predicted octanol–water partition coefficient (Wildman–Crippen LogP) is 7.55. The smallest absolute Gasteiger partial charge is 0.306 e. The summed E-state index contributed by atoms with van der Waals surface area (Å²) in [6, 6.07) is 0. The van der Waals surface area contributed by atoms with Gasteiger partial charge < -0.3 is 39.4 Å². The van der Waals surface area contributed by atoms with E-state index in [0.29, 0.717) is 6.42 Å². The number of ether oxygens (including phenoxy) is 4. The van der Waals surface area contributed by atoms with Crippen molar-refractivity contribution in [3.05, 3.63) is 36.5 Å². The minimum absolute atomic E-state index is 0.182. The van der Waals surface area contributed by atoms with Gasteiger partial charge in [-0.15, -0.1) is 0 Å². The number of unbranched alkanes of at least 4 members (excludes halogenated alkanes) is 15. The molecule has 0 radical (unpaired) electrons. The van der Waals surface area contributed by atoms with E-state index in [2.05, 4.69) is 50.3 Å². The van der Waals surface area contributed by atoms with Gasteiger partial charge in [-0.1, -0.05) is 127 Å². The van der Waals surface area contributed by atoms with Crippen molar-refractivity contribution in [2.75, 3.05) is 19.8 Å². The normalized spacial score (nSPS) is 21.6. The van der Waals surface area contributed by atoms with Gasteiger partial charge in [0.15, 0.2) is 12.4 Å². The highest BCUT2D eigenvalue weighted by Gasteiger charge is 2.44. The maximum absolute atomic E-state index is 12.7. The topological polar surface area (TPSA) is 152 Å². The number of rotatable bonds is 32. The minimum Gasteiger partial charge on any atom is -0.462 e. The zero-order chi connectivity index (χ0) is 37.4. The summed E-state index contributed by atoms with van der Waals surface area (Å²) in [5, 5.41) is 39.9.